The average Bonchev–Trinajstić information content (AvgIpc) is 2.98. The molecule has 4 aromatic rings. The number of aliphatic imine (C=N–C) groups is 1. The molecule has 7 nitrogen and oxygen atoms in total. The summed E-state index contributed by atoms with van der Waals surface area (Å²) in [6, 6.07) is 14.9. The summed E-state index contributed by atoms with van der Waals surface area (Å²) in [5, 5.41) is 14.2. The van der Waals surface area contributed by atoms with Crippen molar-refractivity contribution in [3.05, 3.63) is 91.8 Å². The zero-order valence-corrected chi connectivity index (χ0v) is 18.9. The number of hydrogen-bond acceptors (Lipinski definition) is 4. The Labute approximate surface area is 198 Å². The van der Waals surface area contributed by atoms with E-state index in [9.17, 15) is 14.7 Å². The van der Waals surface area contributed by atoms with Crippen LogP contribution in [0.2, 0.25) is 10.0 Å². The lowest BCUT2D eigenvalue weighted by Gasteiger charge is -2.12. The maximum absolute atomic E-state index is 13.1. The SMILES string of the molecule is Cn1c(=O)[nH]c2ccc(C3=NC(Cc4ccccc4Cl)C(=O)Nc4c(O)cc(Cl)cc43)cc21. The number of benzodiazepines with no additional fused rings is 1. The maximum atomic E-state index is 13.1. The third-order valence-electron chi connectivity index (χ3n) is 5.72. The van der Waals surface area contributed by atoms with E-state index in [-0.39, 0.29) is 29.5 Å². The standard InChI is InChI=1S/C24H18Cl2N4O3/c1-30-19-9-13(6-7-17(19)28-24(30)33)21-15-10-14(25)11-20(31)22(15)29-23(32)18(27-21)8-12-4-2-3-5-16(12)26/h2-7,9-11,18,31H,8H2,1H3,(H,28,33)(H,29,32). The number of aromatic nitrogens is 2. The van der Waals surface area contributed by atoms with Gasteiger partial charge in [-0.15, -0.1) is 0 Å². The first kappa shape index (κ1) is 21.3. The number of nitrogens with one attached hydrogen (secondary N) is 2. The average molecular weight is 481 g/mol. The van der Waals surface area contributed by atoms with Crippen molar-refractivity contribution in [1.29, 1.82) is 0 Å². The number of benzene rings is 3. The van der Waals surface area contributed by atoms with Gasteiger partial charge in [0.15, 0.2) is 0 Å². The Bertz CT molecular complexity index is 1520. The van der Waals surface area contributed by atoms with E-state index in [0.717, 1.165) is 5.56 Å². The van der Waals surface area contributed by atoms with Gasteiger partial charge in [0.25, 0.3) is 0 Å². The molecule has 9 heteroatoms. The van der Waals surface area contributed by atoms with Crippen molar-refractivity contribution in [2.45, 2.75) is 12.5 Å². The van der Waals surface area contributed by atoms with Crippen LogP contribution in [-0.2, 0) is 18.3 Å². The van der Waals surface area contributed by atoms with Crippen molar-refractivity contribution in [3.8, 4) is 5.75 Å². The number of imidazole rings is 1. The Balaban J connectivity index is 1.72. The van der Waals surface area contributed by atoms with Crippen LogP contribution in [0.3, 0.4) is 0 Å². The van der Waals surface area contributed by atoms with Crippen molar-refractivity contribution < 1.29 is 9.90 Å². The second-order valence-corrected chi connectivity index (χ2v) is 8.69. The Morgan fingerprint density at radius 3 is 2.67 bits per heavy atom. The van der Waals surface area contributed by atoms with Crippen molar-refractivity contribution in [3.63, 3.8) is 0 Å². The van der Waals surface area contributed by atoms with Crippen LogP contribution in [0, 0.1) is 0 Å². The zero-order valence-electron chi connectivity index (χ0n) is 17.4. The van der Waals surface area contributed by atoms with Crippen LogP contribution in [0.1, 0.15) is 16.7 Å². The topological polar surface area (TPSA) is 99.5 Å². The van der Waals surface area contributed by atoms with Gasteiger partial charge in [-0.25, -0.2) is 4.79 Å². The molecular weight excluding hydrogens is 463 g/mol. The number of aryl methyl sites for hydroxylation is 1. The molecule has 1 aliphatic heterocycles. The number of phenolic OH excluding ortho intramolecular Hbond substituents is 1. The van der Waals surface area contributed by atoms with E-state index in [1.165, 1.54) is 10.6 Å². The third-order valence-corrected chi connectivity index (χ3v) is 6.31. The fourth-order valence-electron chi connectivity index (χ4n) is 4.01. The van der Waals surface area contributed by atoms with Crippen molar-refractivity contribution >= 4 is 51.5 Å². The number of anilines is 1. The molecule has 0 spiro atoms. The van der Waals surface area contributed by atoms with Crippen LogP contribution in [0.15, 0.2) is 64.4 Å². The van der Waals surface area contributed by atoms with Crippen LogP contribution in [0.5, 0.6) is 5.75 Å². The molecule has 33 heavy (non-hydrogen) atoms. The molecule has 0 fully saturated rings. The smallest absolute Gasteiger partial charge is 0.326 e. The fourth-order valence-corrected chi connectivity index (χ4v) is 4.44. The van der Waals surface area contributed by atoms with Crippen molar-refractivity contribution in [1.82, 2.24) is 9.55 Å². The third kappa shape index (κ3) is 3.79. The number of nitrogens with zero attached hydrogens (tertiary/aromatic N) is 2. The van der Waals surface area contributed by atoms with E-state index >= 15 is 0 Å². The van der Waals surface area contributed by atoms with Gasteiger partial charge >= 0.3 is 5.69 Å². The van der Waals surface area contributed by atoms with E-state index < -0.39 is 6.04 Å². The lowest BCUT2D eigenvalue weighted by Crippen LogP contribution is -2.27. The summed E-state index contributed by atoms with van der Waals surface area (Å²) in [6.07, 6.45) is 0.266. The molecule has 0 bridgehead atoms. The van der Waals surface area contributed by atoms with Crippen LogP contribution in [-0.4, -0.2) is 32.3 Å². The molecule has 166 valence electrons. The largest absolute Gasteiger partial charge is 0.506 e. The van der Waals surface area contributed by atoms with E-state index in [1.807, 2.05) is 24.3 Å². The number of H-pyrrole nitrogens is 1. The van der Waals surface area contributed by atoms with Crippen LogP contribution in [0.4, 0.5) is 5.69 Å². The highest BCUT2D eigenvalue weighted by Gasteiger charge is 2.29. The highest BCUT2D eigenvalue weighted by atomic mass is 35.5. The highest BCUT2D eigenvalue weighted by molar-refractivity contribution is 6.32. The lowest BCUT2D eigenvalue weighted by molar-refractivity contribution is -0.117. The number of aromatic amines is 1. The summed E-state index contributed by atoms with van der Waals surface area (Å²) in [4.78, 5) is 32.8. The second-order valence-electron chi connectivity index (χ2n) is 7.85. The first-order valence-corrected chi connectivity index (χ1v) is 10.9. The normalized spacial score (nSPS) is 15.7. The summed E-state index contributed by atoms with van der Waals surface area (Å²) < 4.78 is 1.50. The number of halogens is 2. The van der Waals surface area contributed by atoms with Gasteiger partial charge < -0.3 is 15.4 Å². The fraction of sp³-hybridized carbons (Fsp3) is 0.125. The van der Waals surface area contributed by atoms with Crippen LogP contribution < -0.4 is 11.0 Å². The molecule has 1 aromatic heterocycles. The summed E-state index contributed by atoms with van der Waals surface area (Å²) in [5.41, 5.74) is 3.74. The highest BCUT2D eigenvalue weighted by Crippen LogP contribution is 2.36. The maximum Gasteiger partial charge on any atom is 0.326 e. The summed E-state index contributed by atoms with van der Waals surface area (Å²) in [6.45, 7) is 0. The van der Waals surface area contributed by atoms with Crippen molar-refractivity contribution in [2.24, 2.45) is 12.0 Å². The van der Waals surface area contributed by atoms with E-state index in [2.05, 4.69) is 10.3 Å². The van der Waals surface area contributed by atoms with Gasteiger partial charge in [0.05, 0.1) is 22.4 Å². The minimum atomic E-state index is -0.809. The number of hydrogen-bond donors (Lipinski definition) is 3. The van der Waals surface area contributed by atoms with Gasteiger partial charge in [0.2, 0.25) is 5.91 Å². The molecule has 0 aliphatic carbocycles. The Kier molecular flexibility index (Phi) is 5.23. The first-order chi connectivity index (χ1) is 15.8. The number of carbonyl (C=O) groups excluding carboxylic acids is 1. The van der Waals surface area contributed by atoms with Gasteiger partial charge in [-0.05, 0) is 29.8 Å². The minimum absolute atomic E-state index is 0.160. The monoisotopic (exact) mass is 480 g/mol. The summed E-state index contributed by atoms with van der Waals surface area (Å²) in [5.74, 6) is -0.536. The van der Waals surface area contributed by atoms with Gasteiger partial charge in [0, 0.05) is 40.7 Å². The lowest BCUT2D eigenvalue weighted by atomic mass is 9.99. The molecule has 3 N–H and O–H groups in total. The molecule has 2 heterocycles. The Hall–Kier alpha value is -3.55. The molecule has 1 aliphatic rings. The number of carbonyl (C=O) groups is 1. The second kappa shape index (κ2) is 8.10. The predicted molar refractivity (Wildman–Crippen MR) is 130 cm³/mol. The molecular formula is C24H18Cl2N4O3. The number of amides is 1. The predicted octanol–water partition coefficient (Wildman–Crippen LogP) is 4.28. The number of phenols is 1. The van der Waals surface area contributed by atoms with Crippen molar-refractivity contribution in [2.75, 3.05) is 5.32 Å². The number of rotatable bonds is 3. The van der Waals surface area contributed by atoms with E-state index in [4.69, 9.17) is 28.2 Å². The quantitative estimate of drug-likeness (QED) is 0.381. The summed E-state index contributed by atoms with van der Waals surface area (Å²) in [7, 11) is 1.67. The molecule has 0 radical (unpaired) electrons. The molecule has 0 saturated carbocycles. The molecule has 3 aromatic carbocycles. The van der Waals surface area contributed by atoms with Gasteiger partial charge in [-0.1, -0.05) is 47.5 Å². The zero-order chi connectivity index (χ0) is 23.3. The van der Waals surface area contributed by atoms with E-state index in [1.54, 1.807) is 31.3 Å². The molecule has 1 amide bonds. The van der Waals surface area contributed by atoms with Gasteiger partial charge in [0.1, 0.15) is 11.8 Å². The number of aromatic hydroxyl groups is 1. The minimum Gasteiger partial charge on any atom is -0.506 e. The van der Waals surface area contributed by atoms with Gasteiger partial charge in [-0.2, -0.15) is 0 Å². The van der Waals surface area contributed by atoms with Gasteiger partial charge in [-0.3, -0.25) is 14.4 Å². The van der Waals surface area contributed by atoms with E-state index in [0.29, 0.717) is 37.9 Å². The first-order valence-electron chi connectivity index (χ1n) is 10.2. The Morgan fingerprint density at radius 1 is 1.09 bits per heavy atom. The summed E-state index contributed by atoms with van der Waals surface area (Å²) >= 11 is 12.6. The number of fused-ring (bicyclic) bond motifs is 2. The Morgan fingerprint density at radius 2 is 1.88 bits per heavy atom. The molecule has 0 saturated heterocycles. The molecule has 5 rings (SSSR count). The molecule has 1 atom stereocenters. The molecule has 1 unspecified atom stereocenters. The van der Waals surface area contributed by atoms with Crippen LogP contribution >= 0.6 is 23.2 Å². The van der Waals surface area contributed by atoms with Crippen LogP contribution in [0.25, 0.3) is 11.0 Å².